The zero-order chi connectivity index (χ0) is 12.7. The number of aromatic nitrogens is 2. The highest BCUT2D eigenvalue weighted by molar-refractivity contribution is 7.05. The second kappa shape index (κ2) is 4.89. The summed E-state index contributed by atoms with van der Waals surface area (Å²) in [6.07, 6.45) is 6.15. The molecule has 2 bridgehead atoms. The van der Waals surface area contributed by atoms with Crippen molar-refractivity contribution in [3.63, 3.8) is 0 Å². The molecule has 2 fully saturated rings. The molecule has 0 saturated heterocycles. The molecule has 4 atom stereocenters. The highest BCUT2D eigenvalue weighted by Gasteiger charge is 2.40. The number of fused-ring (bicyclic) bond motifs is 2. The van der Waals surface area contributed by atoms with E-state index in [4.69, 9.17) is 0 Å². The van der Waals surface area contributed by atoms with E-state index in [0.29, 0.717) is 5.92 Å². The number of rotatable bonds is 4. The van der Waals surface area contributed by atoms with Gasteiger partial charge in [0.1, 0.15) is 0 Å². The van der Waals surface area contributed by atoms with Crippen molar-refractivity contribution in [1.29, 1.82) is 0 Å². The van der Waals surface area contributed by atoms with Crippen LogP contribution in [0.15, 0.2) is 0 Å². The third-order valence-electron chi connectivity index (χ3n) is 4.80. The molecule has 0 amide bonds. The Morgan fingerprint density at radius 3 is 2.78 bits per heavy atom. The van der Waals surface area contributed by atoms with Crippen LogP contribution in [0.25, 0.3) is 0 Å². The first-order valence-corrected chi connectivity index (χ1v) is 7.92. The first kappa shape index (κ1) is 12.5. The van der Waals surface area contributed by atoms with Gasteiger partial charge in [0.25, 0.3) is 0 Å². The van der Waals surface area contributed by atoms with E-state index in [0.717, 1.165) is 34.7 Å². The van der Waals surface area contributed by atoms with Crippen LogP contribution in [0.5, 0.6) is 0 Å². The zero-order valence-electron chi connectivity index (χ0n) is 11.2. The summed E-state index contributed by atoms with van der Waals surface area (Å²) >= 11 is 1.38. The lowest BCUT2D eigenvalue weighted by molar-refractivity contribution is 0.127. The minimum absolute atomic E-state index is 0.341. The fourth-order valence-corrected chi connectivity index (χ4v) is 4.70. The summed E-state index contributed by atoms with van der Waals surface area (Å²) in [5, 5.41) is 14.6. The van der Waals surface area contributed by atoms with Gasteiger partial charge in [0.2, 0.25) is 0 Å². The molecule has 4 heteroatoms. The van der Waals surface area contributed by atoms with Gasteiger partial charge in [-0.25, -0.2) is 0 Å². The maximum absolute atomic E-state index is 10.5. The van der Waals surface area contributed by atoms with Crippen LogP contribution in [-0.2, 0) is 0 Å². The Labute approximate surface area is 113 Å². The van der Waals surface area contributed by atoms with Crippen molar-refractivity contribution in [2.24, 2.45) is 17.8 Å². The molecule has 1 N–H and O–H groups in total. The lowest BCUT2D eigenvalue weighted by Crippen LogP contribution is -2.14. The third kappa shape index (κ3) is 2.21. The molecule has 0 spiro atoms. The number of aliphatic hydroxyl groups excluding tert-OH is 1. The van der Waals surface area contributed by atoms with Gasteiger partial charge < -0.3 is 5.11 Å². The van der Waals surface area contributed by atoms with Gasteiger partial charge in [-0.05, 0) is 60.9 Å². The van der Waals surface area contributed by atoms with E-state index in [9.17, 15) is 5.11 Å². The van der Waals surface area contributed by atoms with E-state index in [-0.39, 0.29) is 6.10 Å². The van der Waals surface area contributed by atoms with Gasteiger partial charge in [-0.1, -0.05) is 24.8 Å². The van der Waals surface area contributed by atoms with Crippen molar-refractivity contribution in [2.75, 3.05) is 0 Å². The Morgan fingerprint density at radius 2 is 2.17 bits per heavy atom. The van der Waals surface area contributed by atoms with E-state index in [1.165, 1.54) is 37.2 Å². The highest BCUT2D eigenvalue weighted by Crippen LogP contribution is 2.51. The summed E-state index contributed by atoms with van der Waals surface area (Å²) in [6, 6.07) is 0. The van der Waals surface area contributed by atoms with E-state index in [1.54, 1.807) is 0 Å². The van der Waals surface area contributed by atoms with E-state index in [1.807, 2.05) is 0 Å². The van der Waals surface area contributed by atoms with Crippen LogP contribution < -0.4 is 0 Å². The van der Waals surface area contributed by atoms with Crippen LogP contribution in [0.3, 0.4) is 0 Å². The van der Waals surface area contributed by atoms with Gasteiger partial charge in [-0.2, -0.15) is 0 Å². The van der Waals surface area contributed by atoms with Crippen LogP contribution in [0, 0.1) is 17.8 Å². The Morgan fingerprint density at radius 1 is 1.33 bits per heavy atom. The lowest BCUT2D eigenvalue weighted by Gasteiger charge is -2.24. The number of aliphatic hydroxyl groups is 1. The molecule has 18 heavy (non-hydrogen) atoms. The quantitative estimate of drug-likeness (QED) is 0.907. The van der Waals surface area contributed by atoms with Crippen LogP contribution in [0.2, 0.25) is 0 Å². The summed E-state index contributed by atoms with van der Waals surface area (Å²) in [7, 11) is 0. The average molecular weight is 266 g/mol. The smallest absolute Gasteiger partial charge is 0.0919 e. The van der Waals surface area contributed by atoms with Gasteiger partial charge in [-0.15, -0.1) is 5.10 Å². The molecule has 100 valence electrons. The van der Waals surface area contributed by atoms with E-state index >= 15 is 0 Å². The highest BCUT2D eigenvalue weighted by atomic mass is 32.1. The molecule has 3 nitrogen and oxygen atoms in total. The maximum atomic E-state index is 10.5. The normalized spacial score (nSPS) is 32.3. The first-order chi connectivity index (χ1) is 8.65. The molecule has 4 unspecified atom stereocenters. The van der Waals surface area contributed by atoms with E-state index < -0.39 is 0 Å². The van der Waals surface area contributed by atoms with Crippen LogP contribution in [0.4, 0.5) is 0 Å². The minimum Gasteiger partial charge on any atom is -0.387 e. The van der Waals surface area contributed by atoms with Crippen molar-refractivity contribution >= 4 is 11.5 Å². The van der Waals surface area contributed by atoms with Crippen molar-refractivity contribution in [3.8, 4) is 0 Å². The molecule has 0 radical (unpaired) electrons. The molecule has 1 aromatic heterocycles. The number of nitrogens with zero attached hydrogens (tertiary/aromatic N) is 2. The number of hydrogen-bond acceptors (Lipinski definition) is 4. The van der Waals surface area contributed by atoms with Gasteiger partial charge in [0, 0.05) is 0 Å². The van der Waals surface area contributed by atoms with Gasteiger partial charge >= 0.3 is 0 Å². The summed E-state index contributed by atoms with van der Waals surface area (Å²) in [4.78, 5) is 1.01. The molecule has 0 aliphatic heterocycles. The summed E-state index contributed by atoms with van der Waals surface area (Å²) < 4.78 is 4.02. The molecular weight excluding hydrogens is 244 g/mol. The Kier molecular flexibility index (Phi) is 3.41. The second-order valence-electron chi connectivity index (χ2n) is 6.36. The van der Waals surface area contributed by atoms with Crippen LogP contribution in [0.1, 0.15) is 68.5 Å². The fourth-order valence-electron chi connectivity index (χ4n) is 3.89. The van der Waals surface area contributed by atoms with Crippen molar-refractivity contribution in [1.82, 2.24) is 9.59 Å². The SMILES string of the molecule is CC(C)c1nnsc1C(O)CC1CC2CCC1C2. The van der Waals surface area contributed by atoms with Crippen molar-refractivity contribution in [2.45, 2.75) is 58.0 Å². The largest absolute Gasteiger partial charge is 0.387 e. The predicted molar refractivity (Wildman–Crippen MR) is 72.5 cm³/mol. The summed E-state index contributed by atoms with van der Waals surface area (Å²) in [5.74, 6) is 2.93. The topological polar surface area (TPSA) is 46.0 Å². The summed E-state index contributed by atoms with van der Waals surface area (Å²) in [5.41, 5.74) is 0.996. The Hall–Kier alpha value is -0.480. The molecule has 2 aliphatic rings. The van der Waals surface area contributed by atoms with Crippen LogP contribution in [-0.4, -0.2) is 14.7 Å². The molecular formula is C14H22N2OS. The Balaban J connectivity index is 1.67. The standard InChI is InChI=1S/C14H22N2OS/c1-8(2)13-14(18-16-15-13)12(17)7-11-6-9-3-4-10(11)5-9/h8-12,17H,3-7H2,1-2H3. The zero-order valence-corrected chi connectivity index (χ0v) is 12.0. The molecule has 0 aromatic carbocycles. The van der Waals surface area contributed by atoms with Gasteiger partial charge in [-0.3, -0.25) is 0 Å². The van der Waals surface area contributed by atoms with Gasteiger partial charge in [0.05, 0.1) is 16.7 Å². The molecule has 2 saturated carbocycles. The first-order valence-electron chi connectivity index (χ1n) is 7.15. The average Bonchev–Trinajstić information content (AvgIpc) is 3.04. The molecule has 1 aromatic rings. The van der Waals surface area contributed by atoms with Crippen LogP contribution >= 0.6 is 11.5 Å². The minimum atomic E-state index is -0.341. The van der Waals surface area contributed by atoms with Crippen molar-refractivity contribution in [3.05, 3.63) is 10.6 Å². The molecule has 1 heterocycles. The summed E-state index contributed by atoms with van der Waals surface area (Å²) in [6.45, 7) is 4.23. The second-order valence-corrected chi connectivity index (χ2v) is 7.15. The Bertz CT molecular complexity index is 418. The predicted octanol–water partition coefficient (Wildman–Crippen LogP) is 3.52. The number of hydrogen-bond donors (Lipinski definition) is 1. The van der Waals surface area contributed by atoms with Crippen molar-refractivity contribution < 1.29 is 5.11 Å². The monoisotopic (exact) mass is 266 g/mol. The van der Waals surface area contributed by atoms with Gasteiger partial charge in [0.15, 0.2) is 0 Å². The van der Waals surface area contributed by atoms with E-state index in [2.05, 4.69) is 23.4 Å². The lowest BCUT2D eigenvalue weighted by atomic mass is 9.84. The molecule has 3 rings (SSSR count). The maximum Gasteiger partial charge on any atom is 0.0919 e. The fraction of sp³-hybridized carbons (Fsp3) is 0.857. The molecule has 2 aliphatic carbocycles. The third-order valence-corrected chi connectivity index (χ3v) is 5.64.